The molecule has 0 saturated heterocycles. The van der Waals surface area contributed by atoms with Crippen LogP contribution in [0, 0.1) is 5.82 Å². The number of carbonyl (C=O) groups excluding carboxylic acids is 2. The lowest BCUT2D eigenvalue weighted by Crippen LogP contribution is -2.04. The Morgan fingerprint density at radius 3 is 2.85 bits per heavy atom. The first kappa shape index (κ1) is 9.31. The largest absolute Gasteiger partial charge is 0.465 e. The molecule has 0 N–H and O–H groups in total. The van der Waals surface area contributed by atoms with Crippen molar-refractivity contribution in [3.63, 3.8) is 0 Å². The lowest BCUT2D eigenvalue weighted by atomic mass is 10.2. The van der Waals surface area contributed by atoms with Crippen LogP contribution in [0.1, 0.15) is 20.8 Å². The molecule has 0 spiro atoms. The van der Waals surface area contributed by atoms with Crippen molar-refractivity contribution in [2.75, 3.05) is 7.11 Å². The van der Waals surface area contributed by atoms with Crippen molar-refractivity contribution in [2.24, 2.45) is 0 Å². The number of carbonyl (C=O) groups is 2. The molecule has 0 fully saturated rings. The molecule has 0 atom stereocenters. The number of methoxy groups -OCH3 is 1. The number of nitrogens with zero attached hydrogens (tertiary/aromatic N) is 1. The molecule has 0 amide bonds. The molecule has 1 rings (SSSR count). The van der Waals surface area contributed by atoms with Crippen LogP contribution in [-0.4, -0.2) is 24.3 Å². The summed E-state index contributed by atoms with van der Waals surface area (Å²) in [5.41, 5.74) is -0.349. The fourth-order valence-corrected chi connectivity index (χ4v) is 0.765. The van der Waals surface area contributed by atoms with Crippen LogP contribution in [0.15, 0.2) is 12.3 Å². The minimum Gasteiger partial charge on any atom is -0.465 e. The summed E-state index contributed by atoms with van der Waals surface area (Å²) < 4.78 is 17.2. The van der Waals surface area contributed by atoms with E-state index in [9.17, 15) is 14.0 Å². The highest BCUT2D eigenvalue weighted by Crippen LogP contribution is 2.05. The van der Waals surface area contributed by atoms with Crippen LogP contribution in [-0.2, 0) is 4.74 Å². The number of halogens is 1. The number of esters is 1. The number of aldehydes is 1. The van der Waals surface area contributed by atoms with Crippen molar-refractivity contribution in [2.45, 2.75) is 0 Å². The number of hydrogen-bond acceptors (Lipinski definition) is 4. The van der Waals surface area contributed by atoms with Gasteiger partial charge < -0.3 is 4.74 Å². The Morgan fingerprint density at radius 1 is 1.69 bits per heavy atom. The first-order valence-electron chi connectivity index (χ1n) is 3.38. The van der Waals surface area contributed by atoms with Gasteiger partial charge in [0, 0.05) is 6.20 Å². The summed E-state index contributed by atoms with van der Waals surface area (Å²) >= 11 is 0. The maximum Gasteiger partial charge on any atom is 0.339 e. The van der Waals surface area contributed by atoms with E-state index in [0.29, 0.717) is 0 Å². The molecule has 0 unspecified atom stereocenters. The summed E-state index contributed by atoms with van der Waals surface area (Å²) in [6.45, 7) is 0. The average Bonchev–Trinajstić information content (AvgIpc) is 2.16. The fraction of sp³-hybridized carbons (Fsp3) is 0.125. The Balaban J connectivity index is 3.09. The molecule has 0 aliphatic rings. The zero-order chi connectivity index (χ0) is 9.84. The van der Waals surface area contributed by atoms with Gasteiger partial charge in [0.15, 0.2) is 12.1 Å². The third-order valence-electron chi connectivity index (χ3n) is 1.40. The summed E-state index contributed by atoms with van der Waals surface area (Å²) in [4.78, 5) is 24.4. The van der Waals surface area contributed by atoms with Crippen LogP contribution >= 0.6 is 0 Å². The molecule has 0 radical (unpaired) electrons. The number of pyridine rings is 1. The van der Waals surface area contributed by atoms with Crippen molar-refractivity contribution < 1.29 is 18.7 Å². The highest BCUT2D eigenvalue weighted by molar-refractivity contribution is 5.89. The van der Waals surface area contributed by atoms with Gasteiger partial charge in [0.05, 0.1) is 12.7 Å². The topological polar surface area (TPSA) is 56.3 Å². The standard InChI is InChI=1S/C8H6FNO3/c1-13-8(12)5-2-6(9)7(4-11)10-3-5/h2-4H,1H3. The van der Waals surface area contributed by atoms with E-state index in [1.165, 1.54) is 7.11 Å². The minimum atomic E-state index is -0.835. The van der Waals surface area contributed by atoms with E-state index < -0.39 is 11.8 Å². The molecular weight excluding hydrogens is 177 g/mol. The number of rotatable bonds is 2. The molecule has 0 aliphatic carbocycles. The Hall–Kier alpha value is -1.78. The van der Waals surface area contributed by atoms with E-state index >= 15 is 0 Å². The van der Waals surface area contributed by atoms with E-state index in [1.807, 2.05) is 0 Å². The molecule has 13 heavy (non-hydrogen) atoms. The second kappa shape index (κ2) is 3.75. The monoisotopic (exact) mass is 183 g/mol. The van der Waals surface area contributed by atoms with E-state index in [1.54, 1.807) is 0 Å². The zero-order valence-electron chi connectivity index (χ0n) is 6.78. The minimum absolute atomic E-state index is 0.0226. The predicted octanol–water partition coefficient (Wildman–Crippen LogP) is 0.820. The molecule has 0 aromatic carbocycles. The van der Waals surface area contributed by atoms with Gasteiger partial charge in [-0.2, -0.15) is 0 Å². The van der Waals surface area contributed by atoms with Gasteiger partial charge in [0.2, 0.25) is 0 Å². The maximum atomic E-state index is 12.8. The highest BCUT2D eigenvalue weighted by Gasteiger charge is 2.09. The molecule has 4 nitrogen and oxygen atoms in total. The summed E-state index contributed by atoms with van der Waals surface area (Å²) in [5, 5.41) is 0. The van der Waals surface area contributed by atoms with Crippen molar-refractivity contribution in [1.29, 1.82) is 0 Å². The van der Waals surface area contributed by atoms with Crippen molar-refractivity contribution >= 4 is 12.3 Å². The van der Waals surface area contributed by atoms with E-state index in [-0.39, 0.29) is 17.5 Å². The van der Waals surface area contributed by atoms with Gasteiger partial charge in [-0.3, -0.25) is 4.79 Å². The fourth-order valence-electron chi connectivity index (χ4n) is 0.765. The van der Waals surface area contributed by atoms with Gasteiger partial charge in [0.1, 0.15) is 5.69 Å². The van der Waals surface area contributed by atoms with Gasteiger partial charge in [-0.05, 0) is 6.07 Å². The Labute approximate surface area is 73.3 Å². The number of aromatic nitrogens is 1. The molecule has 5 heteroatoms. The van der Waals surface area contributed by atoms with Crippen molar-refractivity contribution in [1.82, 2.24) is 4.98 Å². The summed E-state index contributed by atoms with van der Waals surface area (Å²) in [7, 11) is 1.17. The van der Waals surface area contributed by atoms with Crippen LogP contribution in [0.4, 0.5) is 4.39 Å². The molecule has 68 valence electrons. The number of ether oxygens (including phenoxy) is 1. The van der Waals surface area contributed by atoms with Crippen LogP contribution in [0.3, 0.4) is 0 Å². The van der Waals surface area contributed by atoms with Crippen LogP contribution in [0.2, 0.25) is 0 Å². The molecule has 0 aliphatic heterocycles. The van der Waals surface area contributed by atoms with Crippen LogP contribution < -0.4 is 0 Å². The molecule has 1 aromatic heterocycles. The molecule has 1 heterocycles. The second-order valence-corrected chi connectivity index (χ2v) is 2.20. The Kier molecular flexibility index (Phi) is 2.69. The van der Waals surface area contributed by atoms with E-state index in [0.717, 1.165) is 12.3 Å². The second-order valence-electron chi connectivity index (χ2n) is 2.20. The molecule has 0 bridgehead atoms. The smallest absolute Gasteiger partial charge is 0.339 e. The van der Waals surface area contributed by atoms with Gasteiger partial charge in [-0.1, -0.05) is 0 Å². The third kappa shape index (κ3) is 1.87. The zero-order valence-corrected chi connectivity index (χ0v) is 6.78. The van der Waals surface area contributed by atoms with Crippen LogP contribution in [0.5, 0.6) is 0 Å². The quantitative estimate of drug-likeness (QED) is 0.503. The van der Waals surface area contributed by atoms with E-state index in [2.05, 4.69) is 9.72 Å². The van der Waals surface area contributed by atoms with Gasteiger partial charge >= 0.3 is 5.97 Å². The Morgan fingerprint density at radius 2 is 2.38 bits per heavy atom. The van der Waals surface area contributed by atoms with Gasteiger partial charge in [-0.25, -0.2) is 14.2 Å². The van der Waals surface area contributed by atoms with Gasteiger partial charge in [0.25, 0.3) is 0 Å². The normalized spacial score (nSPS) is 9.38. The number of hydrogen-bond donors (Lipinski definition) is 0. The van der Waals surface area contributed by atoms with Crippen molar-refractivity contribution in [3.05, 3.63) is 29.3 Å². The van der Waals surface area contributed by atoms with Crippen LogP contribution in [0.25, 0.3) is 0 Å². The summed E-state index contributed by atoms with van der Waals surface area (Å²) in [5.74, 6) is -1.53. The average molecular weight is 183 g/mol. The lowest BCUT2D eigenvalue weighted by molar-refractivity contribution is 0.0599. The first-order valence-corrected chi connectivity index (χ1v) is 3.38. The Bertz CT molecular complexity index is 351. The summed E-state index contributed by atoms with van der Waals surface area (Å²) in [6, 6.07) is 0.905. The summed E-state index contributed by atoms with van der Waals surface area (Å²) in [6.07, 6.45) is 1.36. The van der Waals surface area contributed by atoms with E-state index in [4.69, 9.17) is 0 Å². The lowest BCUT2D eigenvalue weighted by Gasteiger charge is -1.98. The predicted molar refractivity (Wildman–Crippen MR) is 40.9 cm³/mol. The first-order chi connectivity index (χ1) is 6.19. The molecule has 0 saturated carbocycles. The van der Waals surface area contributed by atoms with Crippen molar-refractivity contribution in [3.8, 4) is 0 Å². The maximum absolute atomic E-state index is 12.8. The third-order valence-corrected chi connectivity index (χ3v) is 1.40. The molecular formula is C8H6FNO3. The highest BCUT2D eigenvalue weighted by atomic mass is 19.1. The van der Waals surface area contributed by atoms with Gasteiger partial charge in [-0.15, -0.1) is 0 Å². The SMILES string of the molecule is COC(=O)c1cnc(C=O)c(F)c1. The molecule has 1 aromatic rings.